The third-order valence-electron chi connectivity index (χ3n) is 5.02. The van der Waals surface area contributed by atoms with Gasteiger partial charge < -0.3 is 23.9 Å². The Labute approximate surface area is 151 Å². The summed E-state index contributed by atoms with van der Waals surface area (Å²) in [7, 11) is 1.56. The SMILES string of the molecule is COc1cc2c(=O)[nH]cnc2cc1OCCN1CCC2(CC1)OCCO2. The maximum Gasteiger partial charge on any atom is 0.258 e. The van der Waals surface area contributed by atoms with Crippen molar-refractivity contribution in [3.05, 3.63) is 28.8 Å². The van der Waals surface area contributed by atoms with E-state index in [1.54, 1.807) is 19.2 Å². The molecule has 2 fully saturated rings. The van der Waals surface area contributed by atoms with E-state index < -0.39 is 0 Å². The summed E-state index contributed by atoms with van der Waals surface area (Å²) in [6, 6.07) is 3.41. The van der Waals surface area contributed by atoms with E-state index in [4.69, 9.17) is 18.9 Å². The first-order valence-electron chi connectivity index (χ1n) is 8.88. The maximum absolute atomic E-state index is 11.9. The van der Waals surface area contributed by atoms with Crippen LogP contribution in [0.4, 0.5) is 0 Å². The predicted octanol–water partition coefficient (Wildman–Crippen LogP) is 1.15. The van der Waals surface area contributed by atoms with Crippen LogP contribution in [0.3, 0.4) is 0 Å². The number of methoxy groups -OCH3 is 1. The summed E-state index contributed by atoms with van der Waals surface area (Å²) in [5.74, 6) is 0.771. The molecule has 2 saturated heterocycles. The van der Waals surface area contributed by atoms with Crippen molar-refractivity contribution < 1.29 is 18.9 Å². The van der Waals surface area contributed by atoms with Gasteiger partial charge in [-0.15, -0.1) is 0 Å². The molecule has 8 nitrogen and oxygen atoms in total. The van der Waals surface area contributed by atoms with Crippen molar-refractivity contribution >= 4 is 10.9 Å². The minimum atomic E-state index is -0.350. The van der Waals surface area contributed by atoms with Crippen molar-refractivity contribution in [2.45, 2.75) is 18.6 Å². The topological polar surface area (TPSA) is 85.9 Å². The standard InChI is InChI=1S/C18H23N3O5/c1-23-15-10-13-14(19-12-20-17(13)22)11-16(15)24-7-6-21-4-2-18(3-5-21)25-8-9-26-18/h10-12H,2-9H2,1H3,(H,19,20,22). The van der Waals surface area contributed by atoms with Crippen LogP contribution in [0.2, 0.25) is 0 Å². The van der Waals surface area contributed by atoms with Crippen LogP contribution in [0.25, 0.3) is 10.9 Å². The average molecular weight is 361 g/mol. The van der Waals surface area contributed by atoms with Crippen LogP contribution >= 0.6 is 0 Å². The number of piperidine rings is 1. The van der Waals surface area contributed by atoms with Gasteiger partial charge in [0.1, 0.15) is 6.61 Å². The Morgan fingerprint density at radius 1 is 1.23 bits per heavy atom. The molecule has 0 aliphatic carbocycles. The smallest absolute Gasteiger partial charge is 0.258 e. The Kier molecular flexibility index (Phi) is 4.80. The first-order valence-corrected chi connectivity index (χ1v) is 8.88. The molecule has 1 N–H and O–H groups in total. The molecule has 140 valence electrons. The summed E-state index contributed by atoms with van der Waals surface area (Å²) in [6.45, 7) is 4.58. The molecule has 2 aliphatic rings. The Morgan fingerprint density at radius 2 is 2.00 bits per heavy atom. The number of ether oxygens (including phenoxy) is 4. The third-order valence-corrected chi connectivity index (χ3v) is 5.02. The van der Waals surface area contributed by atoms with Crippen LogP contribution < -0.4 is 15.0 Å². The molecule has 0 amide bonds. The van der Waals surface area contributed by atoms with Crippen LogP contribution in [-0.4, -0.2) is 67.2 Å². The molecule has 2 aromatic rings. The fraction of sp³-hybridized carbons (Fsp3) is 0.556. The van der Waals surface area contributed by atoms with Crippen molar-refractivity contribution in [3.63, 3.8) is 0 Å². The van der Waals surface area contributed by atoms with Crippen molar-refractivity contribution in [2.75, 3.05) is 46.6 Å². The van der Waals surface area contributed by atoms with E-state index in [2.05, 4.69) is 14.9 Å². The molecule has 3 heterocycles. The Morgan fingerprint density at radius 3 is 2.73 bits per heavy atom. The van der Waals surface area contributed by atoms with Gasteiger partial charge in [0.05, 0.1) is 37.6 Å². The number of nitrogens with one attached hydrogen (secondary N) is 1. The van der Waals surface area contributed by atoms with Gasteiger partial charge in [0.15, 0.2) is 17.3 Å². The largest absolute Gasteiger partial charge is 0.493 e. The number of aromatic amines is 1. The van der Waals surface area contributed by atoms with Gasteiger partial charge in [0.2, 0.25) is 0 Å². The number of hydrogen-bond acceptors (Lipinski definition) is 7. The maximum atomic E-state index is 11.9. The highest BCUT2D eigenvalue weighted by Crippen LogP contribution is 2.32. The molecular weight excluding hydrogens is 338 g/mol. The lowest BCUT2D eigenvalue weighted by atomic mass is 10.0. The van der Waals surface area contributed by atoms with Crippen LogP contribution in [-0.2, 0) is 9.47 Å². The molecule has 0 bridgehead atoms. The number of hydrogen-bond donors (Lipinski definition) is 1. The van der Waals surface area contributed by atoms with E-state index in [0.29, 0.717) is 42.2 Å². The second-order valence-corrected chi connectivity index (χ2v) is 6.55. The number of likely N-dealkylation sites (tertiary alicyclic amines) is 1. The zero-order chi connectivity index (χ0) is 18.0. The molecular formula is C18H23N3O5. The van der Waals surface area contributed by atoms with Crippen LogP contribution in [0.5, 0.6) is 11.5 Å². The quantitative estimate of drug-likeness (QED) is 0.855. The van der Waals surface area contributed by atoms with E-state index in [0.717, 1.165) is 32.5 Å². The van der Waals surface area contributed by atoms with E-state index in [9.17, 15) is 4.79 Å². The Bertz CT molecular complexity index is 821. The number of H-pyrrole nitrogens is 1. The molecule has 0 atom stereocenters. The fourth-order valence-electron chi connectivity index (χ4n) is 3.54. The lowest BCUT2D eigenvalue weighted by Crippen LogP contribution is -2.46. The molecule has 1 aromatic heterocycles. The monoisotopic (exact) mass is 361 g/mol. The highest BCUT2D eigenvalue weighted by Gasteiger charge is 2.39. The zero-order valence-corrected chi connectivity index (χ0v) is 14.8. The van der Waals surface area contributed by atoms with Crippen molar-refractivity contribution in [1.82, 2.24) is 14.9 Å². The number of nitrogens with zero attached hydrogens (tertiary/aromatic N) is 2. The molecule has 4 rings (SSSR count). The number of fused-ring (bicyclic) bond motifs is 1. The summed E-state index contributed by atoms with van der Waals surface area (Å²) in [4.78, 5) is 21.0. The van der Waals surface area contributed by atoms with Crippen molar-refractivity contribution in [3.8, 4) is 11.5 Å². The lowest BCUT2D eigenvalue weighted by Gasteiger charge is -2.37. The first kappa shape index (κ1) is 17.3. The van der Waals surface area contributed by atoms with Gasteiger partial charge >= 0.3 is 0 Å². The molecule has 8 heteroatoms. The molecule has 0 saturated carbocycles. The lowest BCUT2D eigenvalue weighted by molar-refractivity contribution is -0.185. The van der Waals surface area contributed by atoms with Crippen LogP contribution in [0.15, 0.2) is 23.3 Å². The zero-order valence-electron chi connectivity index (χ0n) is 14.8. The molecule has 26 heavy (non-hydrogen) atoms. The molecule has 0 unspecified atom stereocenters. The van der Waals surface area contributed by atoms with Gasteiger partial charge in [-0.05, 0) is 6.07 Å². The highest BCUT2D eigenvalue weighted by molar-refractivity contribution is 5.81. The second-order valence-electron chi connectivity index (χ2n) is 6.55. The molecule has 2 aliphatic heterocycles. The van der Waals surface area contributed by atoms with Crippen molar-refractivity contribution in [2.24, 2.45) is 0 Å². The summed E-state index contributed by atoms with van der Waals surface area (Å²) < 4.78 is 22.8. The van der Waals surface area contributed by atoms with Gasteiger partial charge in [-0.3, -0.25) is 9.69 Å². The average Bonchev–Trinajstić information content (AvgIpc) is 3.11. The molecule has 1 spiro atoms. The van der Waals surface area contributed by atoms with Crippen molar-refractivity contribution in [1.29, 1.82) is 0 Å². The first-order chi connectivity index (χ1) is 12.7. The minimum Gasteiger partial charge on any atom is -0.493 e. The number of benzene rings is 1. The number of rotatable bonds is 5. The van der Waals surface area contributed by atoms with E-state index in [-0.39, 0.29) is 11.3 Å². The summed E-state index contributed by atoms with van der Waals surface area (Å²) in [5.41, 5.74) is 0.387. The Hall–Kier alpha value is -2.16. The minimum absolute atomic E-state index is 0.196. The summed E-state index contributed by atoms with van der Waals surface area (Å²) in [6.07, 6.45) is 3.16. The fourth-order valence-corrected chi connectivity index (χ4v) is 3.54. The number of aromatic nitrogens is 2. The van der Waals surface area contributed by atoms with Gasteiger partial charge in [0.25, 0.3) is 5.56 Å². The third kappa shape index (κ3) is 3.40. The Balaban J connectivity index is 1.37. The predicted molar refractivity (Wildman–Crippen MR) is 94.7 cm³/mol. The summed E-state index contributed by atoms with van der Waals surface area (Å²) in [5, 5.41) is 0.481. The van der Waals surface area contributed by atoms with E-state index in [1.165, 1.54) is 6.33 Å². The highest BCUT2D eigenvalue weighted by atomic mass is 16.7. The normalized spacial score (nSPS) is 19.9. The van der Waals surface area contributed by atoms with E-state index >= 15 is 0 Å². The molecule has 0 radical (unpaired) electrons. The van der Waals surface area contributed by atoms with Crippen LogP contribution in [0.1, 0.15) is 12.8 Å². The van der Waals surface area contributed by atoms with Gasteiger partial charge in [-0.25, -0.2) is 4.98 Å². The van der Waals surface area contributed by atoms with Gasteiger partial charge in [0, 0.05) is 38.5 Å². The summed E-state index contributed by atoms with van der Waals surface area (Å²) >= 11 is 0. The second kappa shape index (κ2) is 7.22. The van der Waals surface area contributed by atoms with E-state index in [1.807, 2.05) is 0 Å². The van der Waals surface area contributed by atoms with Gasteiger partial charge in [-0.1, -0.05) is 0 Å². The van der Waals surface area contributed by atoms with Crippen LogP contribution in [0, 0.1) is 0 Å². The van der Waals surface area contributed by atoms with Gasteiger partial charge in [-0.2, -0.15) is 0 Å². The molecule has 1 aromatic carbocycles.